The molecule has 0 aliphatic heterocycles. The van der Waals surface area contributed by atoms with Crippen LogP contribution in [0.4, 0.5) is 5.82 Å². The molecule has 1 amide bonds. The lowest BCUT2D eigenvalue weighted by Crippen LogP contribution is -2.29. The zero-order chi connectivity index (χ0) is 19.4. The average molecular weight is 424 g/mol. The minimum Gasteiger partial charge on any atom is -0.368 e. The van der Waals surface area contributed by atoms with Crippen molar-refractivity contribution < 1.29 is 4.79 Å². The molecule has 1 heterocycles. The van der Waals surface area contributed by atoms with Crippen molar-refractivity contribution in [2.45, 2.75) is 13.3 Å². The van der Waals surface area contributed by atoms with E-state index in [9.17, 15) is 4.79 Å². The zero-order valence-electron chi connectivity index (χ0n) is 14.5. The second-order valence-electron chi connectivity index (χ2n) is 5.79. The molecule has 0 radical (unpaired) electrons. The number of hydrogen-bond donors (Lipinski definition) is 2. The summed E-state index contributed by atoms with van der Waals surface area (Å²) < 4.78 is 0. The summed E-state index contributed by atoms with van der Waals surface area (Å²) in [5, 5.41) is 8.19. The second kappa shape index (κ2) is 8.74. The fourth-order valence-corrected chi connectivity index (χ4v) is 3.35. The number of aromatic nitrogens is 2. The number of carbonyl (C=O) groups excluding carboxylic acids is 1. The summed E-state index contributed by atoms with van der Waals surface area (Å²) in [4.78, 5) is 21.2. The van der Waals surface area contributed by atoms with Crippen molar-refractivity contribution in [3.63, 3.8) is 0 Å². The van der Waals surface area contributed by atoms with Gasteiger partial charge in [-0.25, -0.2) is 9.97 Å². The number of benzene rings is 2. The fourth-order valence-electron chi connectivity index (χ4n) is 2.59. The predicted molar refractivity (Wildman–Crippen MR) is 111 cm³/mol. The standard InChI is InChI=1S/C19H17Cl3N4O/c1-2-16-25-17-13(9-11(20)10-15(17)22)18(26-16)23-7-8-24-19(27)12-5-3-4-6-14(12)21/h3-6,9-10H,2,7-8H2,1H3,(H,24,27)(H,23,25,26). The van der Waals surface area contributed by atoms with Crippen LogP contribution in [-0.4, -0.2) is 29.0 Å². The van der Waals surface area contributed by atoms with Gasteiger partial charge in [0.1, 0.15) is 11.6 Å². The van der Waals surface area contributed by atoms with Crippen molar-refractivity contribution in [1.29, 1.82) is 0 Å². The molecule has 0 aliphatic rings. The highest BCUT2D eigenvalue weighted by Crippen LogP contribution is 2.30. The lowest BCUT2D eigenvalue weighted by molar-refractivity contribution is 0.0955. The van der Waals surface area contributed by atoms with Gasteiger partial charge in [-0.3, -0.25) is 4.79 Å². The number of hydrogen-bond acceptors (Lipinski definition) is 4. The molecule has 0 aliphatic carbocycles. The molecule has 27 heavy (non-hydrogen) atoms. The number of halogens is 3. The monoisotopic (exact) mass is 422 g/mol. The Bertz CT molecular complexity index is 994. The van der Waals surface area contributed by atoms with Crippen molar-refractivity contribution in [1.82, 2.24) is 15.3 Å². The van der Waals surface area contributed by atoms with Crippen LogP contribution in [0.25, 0.3) is 10.9 Å². The van der Waals surface area contributed by atoms with Gasteiger partial charge in [-0.1, -0.05) is 53.9 Å². The Morgan fingerprint density at radius 2 is 1.81 bits per heavy atom. The fraction of sp³-hybridized carbons (Fsp3) is 0.211. The number of carbonyl (C=O) groups is 1. The van der Waals surface area contributed by atoms with Gasteiger partial charge in [0.25, 0.3) is 5.91 Å². The normalized spacial score (nSPS) is 10.8. The highest BCUT2D eigenvalue weighted by atomic mass is 35.5. The molecule has 8 heteroatoms. The van der Waals surface area contributed by atoms with Crippen molar-refractivity contribution >= 4 is 57.4 Å². The van der Waals surface area contributed by atoms with Crippen LogP contribution >= 0.6 is 34.8 Å². The highest BCUT2D eigenvalue weighted by molar-refractivity contribution is 6.38. The summed E-state index contributed by atoms with van der Waals surface area (Å²) in [5.41, 5.74) is 1.09. The number of fused-ring (bicyclic) bond motifs is 1. The first kappa shape index (κ1) is 19.7. The lowest BCUT2D eigenvalue weighted by Gasteiger charge is -2.12. The number of amides is 1. The molecule has 0 atom stereocenters. The van der Waals surface area contributed by atoms with Gasteiger partial charge in [0.05, 0.1) is 21.1 Å². The van der Waals surface area contributed by atoms with Crippen LogP contribution in [0.5, 0.6) is 0 Å². The Balaban J connectivity index is 1.71. The SMILES string of the molecule is CCc1nc(NCCNC(=O)c2ccccc2Cl)c2cc(Cl)cc(Cl)c2n1. The molecule has 0 bridgehead atoms. The van der Waals surface area contributed by atoms with Gasteiger partial charge in [0.15, 0.2) is 0 Å². The van der Waals surface area contributed by atoms with Crippen LogP contribution < -0.4 is 10.6 Å². The molecule has 0 fully saturated rings. The van der Waals surface area contributed by atoms with Gasteiger partial charge in [0.2, 0.25) is 0 Å². The molecule has 0 spiro atoms. The molecule has 0 unspecified atom stereocenters. The third kappa shape index (κ3) is 4.61. The lowest BCUT2D eigenvalue weighted by atomic mass is 10.2. The highest BCUT2D eigenvalue weighted by Gasteiger charge is 2.12. The third-order valence-electron chi connectivity index (χ3n) is 3.90. The molecule has 140 valence electrons. The Morgan fingerprint density at radius 1 is 1.04 bits per heavy atom. The number of anilines is 1. The Hall–Kier alpha value is -2.08. The van der Waals surface area contributed by atoms with E-state index in [0.717, 1.165) is 5.39 Å². The molecule has 3 rings (SSSR count). The third-order valence-corrected chi connectivity index (χ3v) is 4.74. The average Bonchev–Trinajstić information content (AvgIpc) is 2.65. The molecule has 0 saturated heterocycles. The Morgan fingerprint density at radius 3 is 2.56 bits per heavy atom. The van der Waals surface area contributed by atoms with E-state index in [1.807, 2.05) is 6.92 Å². The smallest absolute Gasteiger partial charge is 0.252 e. The first-order valence-electron chi connectivity index (χ1n) is 8.42. The quantitative estimate of drug-likeness (QED) is 0.548. The van der Waals surface area contributed by atoms with Gasteiger partial charge in [-0.05, 0) is 24.3 Å². The largest absolute Gasteiger partial charge is 0.368 e. The van der Waals surface area contributed by atoms with E-state index >= 15 is 0 Å². The number of nitrogens with zero attached hydrogens (tertiary/aromatic N) is 2. The van der Waals surface area contributed by atoms with Crippen molar-refractivity contribution in [2.24, 2.45) is 0 Å². The summed E-state index contributed by atoms with van der Waals surface area (Å²) in [6.07, 6.45) is 0.673. The van der Waals surface area contributed by atoms with Crippen LogP contribution in [0.1, 0.15) is 23.1 Å². The molecule has 2 aromatic carbocycles. The van der Waals surface area contributed by atoms with Crippen LogP contribution in [-0.2, 0) is 6.42 Å². The maximum Gasteiger partial charge on any atom is 0.252 e. The van der Waals surface area contributed by atoms with Crippen molar-refractivity contribution in [3.05, 3.63) is 62.9 Å². The van der Waals surface area contributed by atoms with Crippen LogP contribution in [0.15, 0.2) is 36.4 Å². The predicted octanol–water partition coefficient (Wildman–Crippen LogP) is 4.99. The minimum atomic E-state index is -0.227. The minimum absolute atomic E-state index is 0.227. The number of rotatable bonds is 6. The molecular weight excluding hydrogens is 407 g/mol. The van der Waals surface area contributed by atoms with Crippen LogP contribution in [0, 0.1) is 0 Å². The second-order valence-corrected chi connectivity index (χ2v) is 7.04. The molecular formula is C19H17Cl3N4O. The Labute approximate surface area is 172 Å². The van der Waals surface area contributed by atoms with E-state index in [2.05, 4.69) is 20.6 Å². The van der Waals surface area contributed by atoms with Gasteiger partial charge in [-0.15, -0.1) is 0 Å². The van der Waals surface area contributed by atoms with E-state index in [4.69, 9.17) is 34.8 Å². The van der Waals surface area contributed by atoms with E-state index in [0.29, 0.717) is 57.3 Å². The summed E-state index contributed by atoms with van der Waals surface area (Å²) >= 11 is 18.4. The summed E-state index contributed by atoms with van der Waals surface area (Å²) in [7, 11) is 0. The molecule has 1 aromatic heterocycles. The summed E-state index contributed by atoms with van der Waals surface area (Å²) in [6, 6.07) is 10.3. The van der Waals surface area contributed by atoms with Crippen LogP contribution in [0.3, 0.4) is 0 Å². The maximum absolute atomic E-state index is 12.2. The Kier molecular flexibility index (Phi) is 6.37. The van der Waals surface area contributed by atoms with E-state index < -0.39 is 0 Å². The molecule has 0 saturated carbocycles. The van der Waals surface area contributed by atoms with Gasteiger partial charge >= 0.3 is 0 Å². The summed E-state index contributed by atoms with van der Waals surface area (Å²) in [5.74, 6) is 1.08. The zero-order valence-corrected chi connectivity index (χ0v) is 16.8. The summed E-state index contributed by atoms with van der Waals surface area (Å²) in [6.45, 7) is 2.83. The van der Waals surface area contributed by atoms with Crippen LogP contribution in [0.2, 0.25) is 15.1 Å². The number of aryl methyl sites for hydroxylation is 1. The first-order chi connectivity index (χ1) is 13.0. The molecule has 2 N–H and O–H groups in total. The van der Waals surface area contributed by atoms with E-state index in [1.165, 1.54) is 0 Å². The van der Waals surface area contributed by atoms with E-state index in [-0.39, 0.29) is 5.91 Å². The molecule has 3 aromatic rings. The van der Waals surface area contributed by atoms with Crippen molar-refractivity contribution in [3.8, 4) is 0 Å². The van der Waals surface area contributed by atoms with Crippen molar-refractivity contribution in [2.75, 3.05) is 18.4 Å². The maximum atomic E-state index is 12.2. The van der Waals surface area contributed by atoms with Gasteiger partial charge < -0.3 is 10.6 Å². The van der Waals surface area contributed by atoms with E-state index in [1.54, 1.807) is 36.4 Å². The first-order valence-corrected chi connectivity index (χ1v) is 9.55. The van der Waals surface area contributed by atoms with Gasteiger partial charge in [-0.2, -0.15) is 0 Å². The topological polar surface area (TPSA) is 66.9 Å². The van der Waals surface area contributed by atoms with Gasteiger partial charge in [0, 0.05) is 29.9 Å². The molecule has 5 nitrogen and oxygen atoms in total. The number of nitrogens with one attached hydrogen (secondary N) is 2.